The van der Waals surface area contributed by atoms with Crippen LogP contribution in [0.2, 0.25) is 0 Å². The number of nitrogens with zero attached hydrogens (tertiary/aromatic N) is 1. The topological polar surface area (TPSA) is 125 Å². The van der Waals surface area contributed by atoms with E-state index in [9.17, 15) is 24.6 Å². The van der Waals surface area contributed by atoms with Crippen LogP contribution in [0.4, 0.5) is 0 Å². The van der Waals surface area contributed by atoms with Crippen molar-refractivity contribution in [2.24, 2.45) is 11.8 Å². The fraction of sp³-hybridized carbons (Fsp3) is 0.577. The van der Waals surface area contributed by atoms with Gasteiger partial charge in [-0.05, 0) is 43.4 Å². The summed E-state index contributed by atoms with van der Waals surface area (Å²) in [6, 6.07) is 2.44. The summed E-state index contributed by atoms with van der Waals surface area (Å²) in [5, 5.41) is 23.4. The lowest BCUT2D eigenvalue weighted by molar-refractivity contribution is -0.138. The minimum Gasteiger partial charge on any atom is -0.493 e. The summed E-state index contributed by atoms with van der Waals surface area (Å²) < 4.78 is 11.6. The molecular formula is C26H34N2O7. The first-order valence-corrected chi connectivity index (χ1v) is 12.2. The molecular weight excluding hydrogens is 452 g/mol. The highest BCUT2D eigenvalue weighted by atomic mass is 16.5. The van der Waals surface area contributed by atoms with Gasteiger partial charge in [-0.3, -0.25) is 14.4 Å². The average Bonchev–Trinajstić information content (AvgIpc) is 3.63. The van der Waals surface area contributed by atoms with Gasteiger partial charge in [0.15, 0.2) is 11.5 Å². The highest BCUT2D eigenvalue weighted by Crippen LogP contribution is 2.51. The van der Waals surface area contributed by atoms with Crippen LogP contribution in [0.1, 0.15) is 54.9 Å². The minimum atomic E-state index is -1.10. The number of amides is 2. The Hall–Kier alpha value is -2.91. The summed E-state index contributed by atoms with van der Waals surface area (Å²) in [7, 11) is 1.46. The predicted octanol–water partition coefficient (Wildman–Crippen LogP) is 1.41. The van der Waals surface area contributed by atoms with Crippen molar-refractivity contribution in [3.63, 3.8) is 0 Å². The number of aldehydes is 1. The second kappa shape index (κ2) is 10.4. The number of nitrogens with one attached hydrogen (secondary N) is 1. The Bertz CT molecular complexity index is 1020. The van der Waals surface area contributed by atoms with E-state index in [1.807, 2.05) is 0 Å². The zero-order chi connectivity index (χ0) is 25.3. The van der Waals surface area contributed by atoms with E-state index in [0.717, 1.165) is 19.3 Å². The highest BCUT2D eigenvalue weighted by Gasteiger charge is 2.52. The molecule has 35 heavy (non-hydrogen) atoms. The van der Waals surface area contributed by atoms with E-state index >= 15 is 0 Å². The van der Waals surface area contributed by atoms with Crippen LogP contribution in [0.3, 0.4) is 0 Å². The molecule has 1 aromatic carbocycles. The van der Waals surface area contributed by atoms with Crippen molar-refractivity contribution in [1.29, 1.82) is 0 Å². The van der Waals surface area contributed by atoms with Crippen LogP contribution in [0.25, 0.3) is 0 Å². The number of methoxy groups -OCH3 is 1. The lowest BCUT2D eigenvalue weighted by Gasteiger charge is -2.41. The molecule has 4 rings (SSSR count). The molecule has 1 heterocycles. The van der Waals surface area contributed by atoms with Gasteiger partial charge in [0.2, 0.25) is 11.8 Å². The quantitative estimate of drug-likeness (QED) is 0.427. The van der Waals surface area contributed by atoms with Gasteiger partial charge in [-0.25, -0.2) is 0 Å². The van der Waals surface area contributed by atoms with Gasteiger partial charge in [-0.2, -0.15) is 0 Å². The summed E-state index contributed by atoms with van der Waals surface area (Å²) in [6.45, 7) is 4.44. The SMILES string of the molecule is COc1cc(C=O)cc2c1OC1C2C(C(=O)NCCO)=CC(N(CCC(C)C)C(=O)C2CC2)C1O. The number of fused-ring (bicyclic) bond motifs is 3. The number of rotatable bonds is 10. The molecule has 0 saturated heterocycles. The molecule has 9 nitrogen and oxygen atoms in total. The number of hydrogen-bond donors (Lipinski definition) is 3. The monoisotopic (exact) mass is 486 g/mol. The maximum atomic E-state index is 13.3. The van der Waals surface area contributed by atoms with E-state index in [1.165, 1.54) is 7.11 Å². The maximum Gasteiger partial charge on any atom is 0.247 e. The fourth-order valence-electron chi connectivity index (χ4n) is 4.93. The summed E-state index contributed by atoms with van der Waals surface area (Å²) in [6.07, 6.45) is 2.82. The lowest BCUT2D eigenvalue weighted by Crippen LogP contribution is -2.56. The van der Waals surface area contributed by atoms with Gasteiger partial charge >= 0.3 is 0 Å². The normalized spacial score (nSPS) is 24.7. The van der Waals surface area contributed by atoms with Crippen LogP contribution in [0.5, 0.6) is 11.5 Å². The summed E-state index contributed by atoms with van der Waals surface area (Å²) in [5.41, 5.74) is 1.27. The minimum absolute atomic E-state index is 0.0177. The van der Waals surface area contributed by atoms with Crippen molar-refractivity contribution >= 4 is 18.1 Å². The number of aliphatic hydroxyl groups excluding tert-OH is 2. The average molecular weight is 487 g/mol. The molecule has 4 atom stereocenters. The van der Waals surface area contributed by atoms with Crippen LogP contribution in [-0.4, -0.2) is 78.3 Å². The van der Waals surface area contributed by atoms with Gasteiger partial charge in [0, 0.05) is 35.7 Å². The van der Waals surface area contributed by atoms with Crippen LogP contribution >= 0.6 is 0 Å². The number of benzene rings is 1. The van der Waals surface area contributed by atoms with E-state index in [-0.39, 0.29) is 25.0 Å². The van der Waals surface area contributed by atoms with Crippen molar-refractivity contribution in [3.8, 4) is 11.5 Å². The Morgan fingerprint density at radius 2 is 2.06 bits per heavy atom. The van der Waals surface area contributed by atoms with E-state index in [1.54, 1.807) is 23.1 Å². The van der Waals surface area contributed by atoms with E-state index in [2.05, 4.69) is 19.2 Å². The predicted molar refractivity (Wildman–Crippen MR) is 127 cm³/mol. The highest BCUT2D eigenvalue weighted by molar-refractivity contribution is 5.96. The van der Waals surface area contributed by atoms with Crippen LogP contribution < -0.4 is 14.8 Å². The lowest BCUT2D eigenvalue weighted by atomic mass is 9.77. The molecule has 1 fully saturated rings. The molecule has 0 bridgehead atoms. The molecule has 2 aliphatic carbocycles. The zero-order valence-corrected chi connectivity index (χ0v) is 20.4. The van der Waals surface area contributed by atoms with E-state index < -0.39 is 30.1 Å². The molecule has 2 amide bonds. The fourth-order valence-corrected chi connectivity index (χ4v) is 4.93. The van der Waals surface area contributed by atoms with E-state index in [4.69, 9.17) is 9.47 Å². The molecule has 0 spiro atoms. The standard InChI is InChI=1S/C26H34N2O7/c1-14(2)6-8-28(26(33)16-4-5-16)19-12-18(25(32)27-7-9-29)21-17-10-15(13-30)11-20(34-3)23(17)35-24(21)22(19)31/h10-14,16,19,21-22,24,29,31H,4-9H2,1-3H3,(H,27,32). The number of carbonyl (C=O) groups is 3. The molecule has 1 saturated carbocycles. The van der Waals surface area contributed by atoms with Gasteiger partial charge in [-0.1, -0.05) is 13.8 Å². The third-order valence-electron chi connectivity index (χ3n) is 6.93. The van der Waals surface area contributed by atoms with Crippen molar-refractivity contribution < 1.29 is 34.1 Å². The number of ether oxygens (including phenoxy) is 2. The Labute approximate surface area is 205 Å². The molecule has 9 heteroatoms. The number of carbonyl (C=O) groups excluding carboxylic acids is 3. The van der Waals surface area contributed by atoms with Crippen molar-refractivity contribution in [2.75, 3.05) is 26.8 Å². The molecule has 1 aromatic rings. The van der Waals surface area contributed by atoms with Crippen LogP contribution in [-0.2, 0) is 9.59 Å². The molecule has 0 aromatic heterocycles. The third-order valence-corrected chi connectivity index (χ3v) is 6.93. The Morgan fingerprint density at radius 1 is 1.31 bits per heavy atom. The van der Waals surface area contributed by atoms with Gasteiger partial charge in [-0.15, -0.1) is 0 Å². The van der Waals surface area contributed by atoms with Crippen molar-refractivity contribution in [3.05, 3.63) is 34.9 Å². The number of hydrogen-bond acceptors (Lipinski definition) is 7. The van der Waals surface area contributed by atoms with Gasteiger partial charge in [0.25, 0.3) is 0 Å². The summed E-state index contributed by atoms with van der Waals surface area (Å²) >= 11 is 0. The smallest absolute Gasteiger partial charge is 0.247 e. The Morgan fingerprint density at radius 3 is 2.66 bits per heavy atom. The zero-order valence-electron chi connectivity index (χ0n) is 20.4. The molecule has 0 radical (unpaired) electrons. The Kier molecular flexibility index (Phi) is 7.47. The summed E-state index contributed by atoms with van der Waals surface area (Å²) in [5.74, 6) is -0.0843. The van der Waals surface area contributed by atoms with Crippen molar-refractivity contribution in [1.82, 2.24) is 10.2 Å². The molecule has 3 N–H and O–H groups in total. The molecule has 3 aliphatic rings. The van der Waals surface area contributed by atoms with Gasteiger partial charge in [0.1, 0.15) is 18.5 Å². The van der Waals surface area contributed by atoms with Gasteiger partial charge < -0.3 is 29.9 Å². The first-order chi connectivity index (χ1) is 16.8. The van der Waals surface area contributed by atoms with Crippen molar-refractivity contribution in [2.45, 2.75) is 57.3 Å². The van der Waals surface area contributed by atoms with E-state index in [0.29, 0.717) is 46.9 Å². The largest absolute Gasteiger partial charge is 0.493 e. The Balaban J connectivity index is 1.78. The molecule has 190 valence electrons. The maximum absolute atomic E-state index is 13.3. The van der Waals surface area contributed by atoms with Crippen LogP contribution in [0, 0.1) is 11.8 Å². The number of aliphatic hydroxyl groups is 2. The second-order valence-electron chi connectivity index (χ2n) is 9.89. The summed E-state index contributed by atoms with van der Waals surface area (Å²) in [4.78, 5) is 39.8. The molecule has 4 unspecified atom stereocenters. The molecule has 1 aliphatic heterocycles. The third kappa shape index (κ3) is 4.92. The first-order valence-electron chi connectivity index (χ1n) is 12.2. The van der Waals surface area contributed by atoms with Crippen LogP contribution in [0.15, 0.2) is 23.8 Å². The van der Waals surface area contributed by atoms with Gasteiger partial charge in [0.05, 0.1) is 25.7 Å². The second-order valence-corrected chi connectivity index (χ2v) is 9.89. The first kappa shape index (κ1) is 25.2.